The summed E-state index contributed by atoms with van der Waals surface area (Å²) >= 11 is 0. The van der Waals surface area contributed by atoms with Crippen molar-refractivity contribution in [3.05, 3.63) is 65.2 Å². The molecule has 0 radical (unpaired) electrons. The predicted molar refractivity (Wildman–Crippen MR) is 113 cm³/mol. The van der Waals surface area contributed by atoms with Crippen LogP contribution in [0.3, 0.4) is 0 Å². The summed E-state index contributed by atoms with van der Waals surface area (Å²) in [4.78, 5) is 19.3. The molecule has 0 aliphatic rings. The predicted octanol–water partition coefficient (Wildman–Crippen LogP) is 4.41. The lowest BCUT2D eigenvalue weighted by Crippen LogP contribution is -2.17. The van der Waals surface area contributed by atoms with Crippen molar-refractivity contribution in [3.8, 4) is 11.8 Å². The molecule has 0 aliphatic heterocycles. The van der Waals surface area contributed by atoms with Crippen LogP contribution in [0.4, 0.5) is 0 Å². The van der Waals surface area contributed by atoms with Gasteiger partial charge in [-0.05, 0) is 42.2 Å². The highest BCUT2D eigenvalue weighted by Gasteiger charge is 2.16. The van der Waals surface area contributed by atoms with E-state index in [0.29, 0.717) is 11.3 Å². The Labute approximate surface area is 174 Å². The van der Waals surface area contributed by atoms with E-state index < -0.39 is 12.6 Å². The normalized spacial score (nSPS) is 11.8. The van der Waals surface area contributed by atoms with Gasteiger partial charge in [-0.1, -0.05) is 38.1 Å². The van der Waals surface area contributed by atoms with Crippen molar-refractivity contribution >= 4 is 22.6 Å². The van der Waals surface area contributed by atoms with Crippen molar-refractivity contribution in [2.75, 3.05) is 13.2 Å². The quantitative estimate of drug-likeness (QED) is 0.342. The number of hydrogen-bond donors (Lipinski definition) is 2. The number of nitrogens with one attached hydrogen (secondary N) is 1. The number of carbonyl (C=O) groups is 1. The maximum Gasteiger partial charge on any atom is 0.344 e. The number of aromatic amines is 1. The van der Waals surface area contributed by atoms with Gasteiger partial charge in [0.25, 0.3) is 0 Å². The Kier molecular flexibility index (Phi) is 6.38. The number of benzene rings is 2. The van der Waals surface area contributed by atoms with Gasteiger partial charge in [-0.25, -0.2) is 9.78 Å². The molecule has 0 saturated heterocycles. The summed E-state index contributed by atoms with van der Waals surface area (Å²) in [6.45, 7) is 5.27. The molecule has 0 spiro atoms. The van der Waals surface area contributed by atoms with Gasteiger partial charge in [-0.2, -0.15) is 5.26 Å². The molecule has 0 saturated carbocycles. The van der Waals surface area contributed by atoms with E-state index in [4.69, 9.17) is 9.47 Å². The minimum absolute atomic E-state index is 0.0827. The Morgan fingerprint density at radius 2 is 2.00 bits per heavy atom. The number of carbonyl (C=O) groups excluding carboxylic acids is 1. The number of fused-ring (bicyclic) bond motifs is 1. The molecular weight excluding hydrogens is 382 g/mol. The van der Waals surface area contributed by atoms with Crippen molar-refractivity contribution in [3.63, 3.8) is 0 Å². The van der Waals surface area contributed by atoms with E-state index in [0.717, 1.165) is 16.6 Å². The van der Waals surface area contributed by atoms with E-state index in [2.05, 4.69) is 9.97 Å². The van der Waals surface area contributed by atoms with E-state index >= 15 is 0 Å². The fourth-order valence-electron chi connectivity index (χ4n) is 2.97. The summed E-state index contributed by atoms with van der Waals surface area (Å²) in [5.41, 5.74) is 3.33. The highest BCUT2D eigenvalue weighted by Crippen LogP contribution is 2.27. The van der Waals surface area contributed by atoms with Crippen LogP contribution in [0.25, 0.3) is 16.6 Å². The highest BCUT2D eigenvalue weighted by molar-refractivity contribution is 5.83. The summed E-state index contributed by atoms with van der Waals surface area (Å²) in [6, 6.07) is 15.0. The molecular formula is C23H23N3O4. The third kappa shape index (κ3) is 4.78. The van der Waals surface area contributed by atoms with Crippen LogP contribution >= 0.6 is 0 Å². The van der Waals surface area contributed by atoms with Gasteiger partial charge < -0.3 is 19.6 Å². The Bertz CT molecular complexity index is 1110. The van der Waals surface area contributed by atoms with Crippen LogP contribution in [-0.4, -0.2) is 34.3 Å². The van der Waals surface area contributed by atoms with Crippen LogP contribution in [0.2, 0.25) is 0 Å². The van der Waals surface area contributed by atoms with Gasteiger partial charge in [0.05, 0.1) is 11.0 Å². The monoisotopic (exact) mass is 405 g/mol. The van der Waals surface area contributed by atoms with Crippen molar-refractivity contribution in [2.24, 2.45) is 0 Å². The van der Waals surface area contributed by atoms with E-state index in [-0.39, 0.29) is 29.7 Å². The Morgan fingerprint density at radius 1 is 1.23 bits per heavy atom. The second-order valence-corrected chi connectivity index (χ2v) is 7.18. The number of nitriles is 1. The zero-order valence-corrected chi connectivity index (χ0v) is 17.1. The first kappa shape index (κ1) is 20.9. The van der Waals surface area contributed by atoms with Gasteiger partial charge in [0.2, 0.25) is 0 Å². The van der Waals surface area contributed by atoms with Gasteiger partial charge in [-0.15, -0.1) is 0 Å². The lowest BCUT2D eigenvalue weighted by atomic mass is 10.0. The van der Waals surface area contributed by atoms with Crippen LogP contribution < -0.4 is 4.74 Å². The molecule has 0 amide bonds. The first-order chi connectivity index (χ1) is 14.4. The van der Waals surface area contributed by atoms with Gasteiger partial charge in [0.15, 0.2) is 18.2 Å². The van der Waals surface area contributed by atoms with Gasteiger partial charge in [0, 0.05) is 0 Å². The molecule has 2 aromatic carbocycles. The number of aliphatic hydroxyl groups is 1. The minimum atomic E-state index is -0.653. The number of esters is 1. The summed E-state index contributed by atoms with van der Waals surface area (Å²) in [7, 11) is 0. The smallest absolute Gasteiger partial charge is 0.344 e. The fourth-order valence-corrected chi connectivity index (χ4v) is 2.97. The number of aliphatic hydroxyl groups excluding tert-OH is 1. The molecule has 0 unspecified atom stereocenters. The molecule has 3 aromatic rings. The molecule has 154 valence electrons. The minimum Gasteiger partial charge on any atom is -0.507 e. The Morgan fingerprint density at radius 3 is 2.70 bits per heavy atom. The van der Waals surface area contributed by atoms with Gasteiger partial charge >= 0.3 is 5.97 Å². The third-order valence-electron chi connectivity index (χ3n) is 4.53. The van der Waals surface area contributed by atoms with Crippen LogP contribution in [0, 0.1) is 18.3 Å². The number of rotatable bonds is 7. The zero-order chi connectivity index (χ0) is 21.7. The number of aromatic nitrogens is 2. The molecule has 0 aliphatic carbocycles. The molecule has 0 atom stereocenters. The highest BCUT2D eigenvalue weighted by atomic mass is 16.6. The van der Waals surface area contributed by atoms with Crippen molar-refractivity contribution in [1.82, 2.24) is 9.97 Å². The molecule has 1 heterocycles. The molecule has 1 aromatic heterocycles. The summed E-state index contributed by atoms with van der Waals surface area (Å²) < 4.78 is 10.7. The number of para-hydroxylation sites is 2. The molecule has 2 N–H and O–H groups in total. The average Bonchev–Trinajstić information content (AvgIpc) is 3.14. The van der Waals surface area contributed by atoms with Crippen LogP contribution in [0.5, 0.6) is 5.75 Å². The maximum absolute atomic E-state index is 12.1. The second kappa shape index (κ2) is 9.14. The first-order valence-corrected chi connectivity index (χ1v) is 9.55. The average molecular weight is 405 g/mol. The Balaban J connectivity index is 1.65. The van der Waals surface area contributed by atoms with Gasteiger partial charge in [-0.3, -0.25) is 0 Å². The van der Waals surface area contributed by atoms with Crippen LogP contribution in [0.1, 0.15) is 36.7 Å². The number of hydrogen-bond acceptors (Lipinski definition) is 6. The number of imidazole rings is 1. The lowest BCUT2D eigenvalue weighted by Gasteiger charge is -2.14. The number of allylic oxidation sites excluding steroid dienone is 1. The molecule has 7 heteroatoms. The molecule has 7 nitrogen and oxygen atoms in total. The van der Waals surface area contributed by atoms with Crippen molar-refractivity contribution in [2.45, 2.75) is 26.7 Å². The molecule has 30 heavy (non-hydrogen) atoms. The number of aryl methyl sites for hydroxylation is 1. The zero-order valence-electron chi connectivity index (χ0n) is 17.1. The second-order valence-electron chi connectivity index (χ2n) is 7.18. The van der Waals surface area contributed by atoms with Crippen LogP contribution in [-0.2, 0) is 9.53 Å². The standard InChI is InChI=1S/C23H23N3O4/c1-14(2)16-9-8-15(3)10-21(16)29-13-22(28)30-12-20(27)17(11-24)23-25-18-6-4-5-7-19(18)26-23/h4-10,14,27H,12-13H2,1-3H3,(H,25,26). The number of nitrogens with zero attached hydrogens (tertiary/aromatic N) is 2. The van der Waals surface area contributed by atoms with Crippen LogP contribution in [0.15, 0.2) is 48.2 Å². The topological polar surface area (TPSA) is 108 Å². The lowest BCUT2D eigenvalue weighted by molar-refractivity contribution is -0.145. The largest absolute Gasteiger partial charge is 0.507 e. The summed E-state index contributed by atoms with van der Waals surface area (Å²) in [5.74, 6) is 0.0418. The third-order valence-corrected chi connectivity index (χ3v) is 4.53. The van der Waals surface area contributed by atoms with E-state index in [1.807, 2.05) is 63.2 Å². The molecule has 0 fully saturated rings. The van der Waals surface area contributed by atoms with E-state index in [1.165, 1.54) is 0 Å². The van der Waals surface area contributed by atoms with E-state index in [1.54, 1.807) is 6.07 Å². The van der Waals surface area contributed by atoms with E-state index in [9.17, 15) is 15.2 Å². The molecule has 0 bridgehead atoms. The van der Waals surface area contributed by atoms with Crippen molar-refractivity contribution in [1.29, 1.82) is 5.26 Å². The maximum atomic E-state index is 12.1. The summed E-state index contributed by atoms with van der Waals surface area (Å²) in [6.07, 6.45) is 0. The Hall–Kier alpha value is -3.79. The molecule has 3 rings (SSSR count). The fraction of sp³-hybridized carbons (Fsp3) is 0.261. The number of H-pyrrole nitrogens is 1. The van der Waals surface area contributed by atoms with Gasteiger partial charge in [0.1, 0.15) is 24.0 Å². The first-order valence-electron chi connectivity index (χ1n) is 9.55. The number of ether oxygens (including phenoxy) is 2. The SMILES string of the molecule is Cc1ccc(C(C)C)c(OCC(=O)OCC(O)=C(C#N)c2nc3ccccc3[nH]2)c1. The summed E-state index contributed by atoms with van der Waals surface area (Å²) in [5, 5.41) is 19.7. The van der Waals surface area contributed by atoms with Crippen molar-refractivity contribution < 1.29 is 19.4 Å².